The lowest BCUT2D eigenvalue weighted by atomic mass is 10.1. The number of rotatable bonds is 1. The molecule has 1 heterocycles. The van der Waals surface area contributed by atoms with Crippen LogP contribution in [0.15, 0.2) is 22.7 Å². The van der Waals surface area contributed by atoms with Crippen LogP contribution in [-0.2, 0) is 0 Å². The summed E-state index contributed by atoms with van der Waals surface area (Å²) in [6.45, 7) is 5.15. The Morgan fingerprint density at radius 3 is 2.88 bits per heavy atom. The Morgan fingerprint density at radius 1 is 1.47 bits per heavy atom. The van der Waals surface area contributed by atoms with E-state index in [0.29, 0.717) is 6.04 Å². The lowest BCUT2D eigenvalue weighted by Crippen LogP contribution is -2.36. The van der Waals surface area contributed by atoms with Crippen LogP contribution in [0, 0.1) is 18.8 Å². The van der Waals surface area contributed by atoms with Gasteiger partial charge in [-0.3, -0.25) is 4.79 Å². The second-order valence-corrected chi connectivity index (χ2v) is 6.20. The highest BCUT2D eigenvalue weighted by Gasteiger charge is 2.51. The number of fused-ring (bicyclic) bond motifs is 1. The minimum absolute atomic E-state index is 0.181. The van der Waals surface area contributed by atoms with Gasteiger partial charge in [0.25, 0.3) is 5.91 Å². The van der Waals surface area contributed by atoms with Crippen molar-refractivity contribution in [3.8, 4) is 0 Å². The molecule has 90 valence electrons. The molecule has 3 atom stereocenters. The van der Waals surface area contributed by atoms with Crippen LogP contribution in [0.3, 0.4) is 0 Å². The molecule has 3 rings (SSSR count). The average Bonchev–Trinajstić information content (AvgIpc) is 3.01. The number of amides is 1. The molecular formula is C14H16BrNO. The lowest BCUT2D eigenvalue weighted by molar-refractivity contribution is 0.0719. The molecule has 2 nitrogen and oxygen atoms in total. The molecule has 1 saturated carbocycles. The van der Waals surface area contributed by atoms with Crippen LogP contribution in [0.4, 0.5) is 0 Å². The molecule has 1 aliphatic carbocycles. The van der Waals surface area contributed by atoms with E-state index in [-0.39, 0.29) is 5.91 Å². The van der Waals surface area contributed by atoms with Gasteiger partial charge < -0.3 is 4.90 Å². The molecule has 0 aromatic heterocycles. The highest BCUT2D eigenvalue weighted by atomic mass is 79.9. The van der Waals surface area contributed by atoms with Gasteiger partial charge in [0.2, 0.25) is 0 Å². The molecule has 2 fully saturated rings. The fourth-order valence-corrected chi connectivity index (χ4v) is 3.36. The number of hydrogen-bond acceptors (Lipinski definition) is 1. The molecule has 0 radical (unpaired) electrons. The summed E-state index contributed by atoms with van der Waals surface area (Å²) in [6.07, 6.45) is 1.32. The van der Waals surface area contributed by atoms with Crippen LogP contribution in [-0.4, -0.2) is 23.4 Å². The maximum Gasteiger partial charge on any atom is 0.255 e. The molecule has 2 aliphatic rings. The standard InChI is InChI=1S/C14H16BrNO/c1-8-3-4-13(15)12(5-8)14(17)16-7-10-6-11(10)9(16)2/h3-5,9-11H,6-7H2,1-2H3/t9-,10-,11+/m1/s1. The van der Waals surface area contributed by atoms with Crippen LogP contribution in [0.5, 0.6) is 0 Å². The van der Waals surface area contributed by atoms with Crippen molar-refractivity contribution in [3.05, 3.63) is 33.8 Å². The monoisotopic (exact) mass is 293 g/mol. The first-order chi connectivity index (χ1) is 8.08. The summed E-state index contributed by atoms with van der Waals surface area (Å²) in [5, 5.41) is 0. The number of benzene rings is 1. The van der Waals surface area contributed by atoms with Crippen LogP contribution in [0.25, 0.3) is 0 Å². The van der Waals surface area contributed by atoms with Crippen molar-refractivity contribution < 1.29 is 4.79 Å². The molecule has 1 aliphatic heterocycles. The van der Waals surface area contributed by atoms with Crippen molar-refractivity contribution in [2.45, 2.75) is 26.3 Å². The number of carbonyl (C=O) groups excluding carboxylic acids is 1. The SMILES string of the molecule is Cc1ccc(Br)c(C(=O)N2C[C@H]3C[C@H]3[C@H]2C)c1. The average molecular weight is 294 g/mol. The summed E-state index contributed by atoms with van der Waals surface area (Å²) >= 11 is 3.48. The zero-order valence-corrected chi connectivity index (χ0v) is 11.7. The van der Waals surface area contributed by atoms with Gasteiger partial charge in [-0.15, -0.1) is 0 Å². The van der Waals surface area contributed by atoms with Crippen molar-refractivity contribution in [2.24, 2.45) is 11.8 Å². The van der Waals surface area contributed by atoms with Gasteiger partial charge in [0, 0.05) is 17.1 Å². The smallest absolute Gasteiger partial charge is 0.255 e. The number of piperidine rings is 1. The van der Waals surface area contributed by atoms with Crippen molar-refractivity contribution in [2.75, 3.05) is 6.54 Å². The van der Waals surface area contributed by atoms with Crippen LogP contribution < -0.4 is 0 Å². The zero-order chi connectivity index (χ0) is 12.2. The second-order valence-electron chi connectivity index (χ2n) is 5.34. The summed E-state index contributed by atoms with van der Waals surface area (Å²) < 4.78 is 0.904. The first kappa shape index (κ1) is 11.3. The quantitative estimate of drug-likeness (QED) is 0.778. The molecular weight excluding hydrogens is 278 g/mol. The minimum atomic E-state index is 0.181. The van der Waals surface area contributed by atoms with Gasteiger partial charge in [-0.2, -0.15) is 0 Å². The molecule has 0 spiro atoms. The summed E-state index contributed by atoms with van der Waals surface area (Å²) in [7, 11) is 0. The van der Waals surface area contributed by atoms with Gasteiger partial charge in [-0.1, -0.05) is 11.6 Å². The predicted molar refractivity (Wildman–Crippen MR) is 71.0 cm³/mol. The number of likely N-dealkylation sites (tertiary alicyclic amines) is 1. The fraction of sp³-hybridized carbons (Fsp3) is 0.500. The molecule has 0 N–H and O–H groups in total. The zero-order valence-electron chi connectivity index (χ0n) is 10.1. The van der Waals surface area contributed by atoms with E-state index in [1.54, 1.807) is 0 Å². The van der Waals surface area contributed by atoms with E-state index in [4.69, 9.17) is 0 Å². The van der Waals surface area contributed by atoms with Crippen molar-refractivity contribution in [3.63, 3.8) is 0 Å². The van der Waals surface area contributed by atoms with Crippen molar-refractivity contribution in [1.29, 1.82) is 0 Å². The maximum absolute atomic E-state index is 12.5. The van der Waals surface area contributed by atoms with E-state index in [1.807, 2.05) is 30.0 Å². The Morgan fingerprint density at radius 2 is 2.24 bits per heavy atom. The normalized spacial score (nSPS) is 30.3. The van der Waals surface area contributed by atoms with E-state index >= 15 is 0 Å². The summed E-state index contributed by atoms with van der Waals surface area (Å²) in [6, 6.07) is 6.37. The van der Waals surface area contributed by atoms with E-state index in [1.165, 1.54) is 6.42 Å². The summed E-state index contributed by atoms with van der Waals surface area (Å²) in [5.41, 5.74) is 1.94. The van der Waals surface area contributed by atoms with Crippen molar-refractivity contribution >= 4 is 21.8 Å². The second kappa shape index (κ2) is 3.84. The minimum Gasteiger partial charge on any atom is -0.335 e. The van der Waals surface area contributed by atoms with Gasteiger partial charge in [0.1, 0.15) is 0 Å². The molecule has 17 heavy (non-hydrogen) atoms. The van der Waals surface area contributed by atoms with Crippen LogP contribution in [0.2, 0.25) is 0 Å². The van der Waals surface area contributed by atoms with Gasteiger partial charge in [-0.05, 0) is 60.2 Å². The van der Waals surface area contributed by atoms with Crippen LogP contribution >= 0.6 is 15.9 Å². The number of halogens is 1. The highest BCUT2D eigenvalue weighted by Crippen LogP contribution is 2.49. The lowest BCUT2D eigenvalue weighted by Gasteiger charge is -2.25. The number of aryl methyl sites for hydroxylation is 1. The third-order valence-corrected chi connectivity index (χ3v) is 4.82. The molecule has 0 unspecified atom stereocenters. The van der Waals surface area contributed by atoms with E-state index in [0.717, 1.165) is 34.0 Å². The highest BCUT2D eigenvalue weighted by molar-refractivity contribution is 9.10. The summed E-state index contributed by atoms with van der Waals surface area (Å²) in [5.74, 6) is 1.72. The first-order valence-electron chi connectivity index (χ1n) is 6.15. The third kappa shape index (κ3) is 1.81. The number of carbonyl (C=O) groups is 1. The van der Waals surface area contributed by atoms with Gasteiger partial charge in [0.15, 0.2) is 0 Å². The Kier molecular flexibility index (Phi) is 2.54. The first-order valence-corrected chi connectivity index (χ1v) is 6.94. The van der Waals surface area contributed by atoms with E-state index in [2.05, 4.69) is 22.9 Å². The topological polar surface area (TPSA) is 20.3 Å². The number of nitrogens with zero attached hydrogens (tertiary/aromatic N) is 1. The Bertz CT molecular complexity index is 485. The Hall–Kier alpha value is -0.830. The Labute approximate surface area is 110 Å². The molecule has 1 aromatic rings. The predicted octanol–water partition coefficient (Wildman–Crippen LogP) is 3.24. The van der Waals surface area contributed by atoms with Crippen LogP contribution in [0.1, 0.15) is 29.3 Å². The Balaban J connectivity index is 1.89. The molecule has 3 heteroatoms. The fourth-order valence-electron chi connectivity index (χ4n) is 2.95. The van der Waals surface area contributed by atoms with E-state index < -0.39 is 0 Å². The van der Waals surface area contributed by atoms with Gasteiger partial charge in [-0.25, -0.2) is 0 Å². The largest absolute Gasteiger partial charge is 0.335 e. The number of hydrogen-bond donors (Lipinski definition) is 0. The molecule has 1 amide bonds. The molecule has 1 aromatic carbocycles. The maximum atomic E-state index is 12.5. The third-order valence-electron chi connectivity index (χ3n) is 4.13. The van der Waals surface area contributed by atoms with E-state index in [9.17, 15) is 4.79 Å². The molecule has 1 saturated heterocycles. The molecule has 0 bridgehead atoms. The summed E-state index contributed by atoms with van der Waals surface area (Å²) in [4.78, 5) is 14.5. The van der Waals surface area contributed by atoms with Gasteiger partial charge in [0.05, 0.1) is 5.56 Å². The van der Waals surface area contributed by atoms with Gasteiger partial charge >= 0.3 is 0 Å². The van der Waals surface area contributed by atoms with Crippen molar-refractivity contribution in [1.82, 2.24) is 4.90 Å².